The highest BCUT2D eigenvalue weighted by Crippen LogP contribution is 2.07. The van der Waals surface area contributed by atoms with Crippen LogP contribution in [0.1, 0.15) is 35.6 Å². The molecule has 1 aromatic heterocycles. The van der Waals surface area contributed by atoms with Crippen molar-refractivity contribution < 1.29 is 9.18 Å². The van der Waals surface area contributed by atoms with Gasteiger partial charge in [0, 0.05) is 18.3 Å². The summed E-state index contributed by atoms with van der Waals surface area (Å²) in [4.78, 5) is 20.5. The van der Waals surface area contributed by atoms with Crippen molar-refractivity contribution in [2.75, 3.05) is 11.9 Å². The first-order valence-corrected chi connectivity index (χ1v) is 7.59. The van der Waals surface area contributed by atoms with Gasteiger partial charge in [0.1, 0.15) is 11.5 Å². The number of hydrogen-bond donors (Lipinski definition) is 2. The van der Waals surface area contributed by atoms with Gasteiger partial charge in [0.05, 0.1) is 0 Å². The number of carbonyl (C=O) groups is 1. The number of halogens is 1. The molecule has 0 saturated carbocycles. The van der Waals surface area contributed by atoms with Crippen LogP contribution in [0.2, 0.25) is 0 Å². The van der Waals surface area contributed by atoms with Crippen LogP contribution in [0.15, 0.2) is 30.3 Å². The van der Waals surface area contributed by atoms with Crippen LogP contribution >= 0.6 is 0 Å². The molecule has 0 atom stereocenters. The lowest BCUT2D eigenvalue weighted by molar-refractivity contribution is 0.0938. The molecule has 122 valence electrons. The minimum Gasteiger partial charge on any atom is -0.354 e. The quantitative estimate of drug-likeness (QED) is 0.860. The second-order valence-electron chi connectivity index (χ2n) is 5.65. The molecule has 1 amide bonds. The molecule has 2 N–H and O–H groups in total. The average molecular weight is 316 g/mol. The molecule has 0 fully saturated rings. The SMILES string of the molecule is Cc1cc(C(=O)NC(C)C)nc(NCCc2ccc(F)cc2)n1. The highest BCUT2D eigenvalue weighted by atomic mass is 19.1. The van der Waals surface area contributed by atoms with E-state index in [4.69, 9.17) is 0 Å². The molecule has 6 heteroatoms. The summed E-state index contributed by atoms with van der Waals surface area (Å²) in [6.07, 6.45) is 0.713. The van der Waals surface area contributed by atoms with Gasteiger partial charge >= 0.3 is 0 Å². The molecular weight excluding hydrogens is 295 g/mol. The summed E-state index contributed by atoms with van der Waals surface area (Å²) in [5, 5.41) is 5.91. The van der Waals surface area contributed by atoms with E-state index in [9.17, 15) is 9.18 Å². The van der Waals surface area contributed by atoms with Crippen LogP contribution in [-0.2, 0) is 6.42 Å². The standard InChI is InChI=1S/C17H21FN4O/c1-11(2)20-16(23)15-10-12(3)21-17(22-15)19-9-8-13-4-6-14(18)7-5-13/h4-7,10-11H,8-9H2,1-3H3,(H,20,23)(H,19,21,22). The zero-order valence-electron chi connectivity index (χ0n) is 13.6. The molecule has 23 heavy (non-hydrogen) atoms. The van der Waals surface area contributed by atoms with Gasteiger partial charge in [-0.05, 0) is 51.0 Å². The molecule has 0 aliphatic rings. The summed E-state index contributed by atoms with van der Waals surface area (Å²) in [7, 11) is 0. The van der Waals surface area contributed by atoms with Crippen molar-refractivity contribution in [3.05, 3.63) is 53.1 Å². The molecule has 2 rings (SSSR count). The normalized spacial score (nSPS) is 10.7. The number of aryl methyl sites for hydroxylation is 1. The van der Waals surface area contributed by atoms with E-state index >= 15 is 0 Å². The van der Waals surface area contributed by atoms with Gasteiger partial charge in [0.25, 0.3) is 5.91 Å². The fourth-order valence-corrected chi connectivity index (χ4v) is 2.07. The molecule has 1 heterocycles. The van der Waals surface area contributed by atoms with E-state index in [1.54, 1.807) is 18.2 Å². The topological polar surface area (TPSA) is 66.9 Å². The van der Waals surface area contributed by atoms with Crippen molar-refractivity contribution in [1.29, 1.82) is 0 Å². The summed E-state index contributed by atoms with van der Waals surface area (Å²) in [6, 6.07) is 8.07. The Morgan fingerprint density at radius 3 is 2.57 bits per heavy atom. The van der Waals surface area contributed by atoms with Gasteiger partial charge in [0.15, 0.2) is 0 Å². The van der Waals surface area contributed by atoms with Gasteiger partial charge in [-0.2, -0.15) is 0 Å². The Morgan fingerprint density at radius 1 is 1.22 bits per heavy atom. The molecule has 0 aliphatic carbocycles. The fraction of sp³-hybridized carbons (Fsp3) is 0.353. The maximum Gasteiger partial charge on any atom is 0.270 e. The highest BCUT2D eigenvalue weighted by molar-refractivity contribution is 5.92. The molecule has 5 nitrogen and oxygen atoms in total. The van der Waals surface area contributed by atoms with Gasteiger partial charge < -0.3 is 10.6 Å². The molecule has 2 aromatic rings. The van der Waals surface area contributed by atoms with Crippen molar-refractivity contribution >= 4 is 11.9 Å². The molecule has 0 bridgehead atoms. The number of hydrogen-bond acceptors (Lipinski definition) is 4. The van der Waals surface area contributed by atoms with Crippen molar-refractivity contribution in [3.8, 4) is 0 Å². The Hall–Kier alpha value is -2.50. The fourth-order valence-electron chi connectivity index (χ4n) is 2.07. The maximum absolute atomic E-state index is 12.9. The molecule has 1 aromatic carbocycles. The summed E-state index contributed by atoms with van der Waals surface area (Å²) in [5.41, 5.74) is 2.08. The van der Waals surface area contributed by atoms with Crippen molar-refractivity contribution in [2.45, 2.75) is 33.2 Å². The first-order chi connectivity index (χ1) is 10.9. The van der Waals surface area contributed by atoms with E-state index in [2.05, 4.69) is 20.6 Å². The largest absolute Gasteiger partial charge is 0.354 e. The predicted octanol–water partition coefficient (Wildman–Crippen LogP) is 2.72. The molecule has 0 unspecified atom stereocenters. The molecule has 0 aliphatic heterocycles. The Kier molecular flexibility index (Phi) is 5.62. The average Bonchev–Trinajstić information content (AvgIpc) is 2.48. The summed E-state index contributed by atoms with van der Waals surface area (Å²) in [5.74, 6) is -0.0439. The van der Waals surface area contributed by atoms with Crippen LogP contribution in [0.4, 0.5) is 10.3 Å². The van der Waals surface area contributed by atoms with E-state index in [-0.39, 0.29) is 17.8 Å². The molecular formula is C17H21FN4O. The van der Waals surface area contributed by atoms with Crippen LogP contribution in [0.3, 0.4) is 0 Å². The van der Waals surface area contributed by atoms with Gasteiger partial charge in [0.2, 0.25) is 5.95 Å². The monoisotopic (exact) mass is 316 g/mol. The highest BCUT2D eigenvalue weighted by Gasteiger charge is 2.11. The van der Waals surface area contributed by atoms with Gasteiger partial charge in [-0.25, -0.2) is 14.4 Å². The number of nitrogens with one attached hydrogen (secondary N) is 2. The smallest absolute Gasteiger partial charge is 0.270 e. The number of benzene rings is 1. The minimum absolute atomic E-state index is 0.0488. The zero-order valence-corrected chi connectivity index (χ0v) is 13.6. The third kappa shape index (κ3) is 5.32. The number of aromatic nitrogens is 2. The van der Waals surface area contributed by atoms with E-state index in [1.165, 1.54) is 12.1 Å². The van der Waals surface area contributed by atoms with Crippen molar-refractivity contribution in [1.82, 2.24) is 15.3 Å². The third-order valence-corrected chi connectivity index (χ3v) is 3.12. The van der Waals surface area contributed by atoms with E-state index in [0.29, 0.717) is 24.6 Å². The Morgan fingerprint density at radius 2 is 1.91 bits per heavy atom. The van der Waals surface area contributed by atoms with E-state index in [1.807, 2.05) is 20.8 Å². The van der Waals surface area contributed by atoms with Gasteiger partial charge in [-0.15, -0.1) is 0 Å². The molecule has 0 saturated heterocycles. The van der Waals surface area contributed by atoms with Crippen molar-refractivity contribution in [3.63, 3.8) is 0 Å². The summed E-state index contributed by atoms with van der Waals surface area (Å²) in [6.45, 7) is 6.21. The zero-order chi connectivity index (χ0) is 16.8. The van der Waals surface area contributed by atoms with E-state index in [0.717, 1.165) is 11.3 Å². The van der Waals surface area contributed by atoms with Crippen molar-refractivity contribution in [2.24, 2.45) is 0 Å². The first kappa shape index (κ1) is 16.9. The molecule has 0 radical (unpaired) electrons. The predicted molar refractivity (Wildman–Crippen MR) is 88.0 cm³/mol. The second kappa shape index (κ2) is 7.67. The third-order valence-electron chi connectivity index (χ3n) is 3.12. The lowest BCUT2D eigenvalue weighted by Gasteiger charge is -2.10. The Balaban J connectivity index is 1.98. The maximum atomic E-state index is 12.9. The Labute approximate surface area is 135 Å². The van der Waals surface area contributed by atoms with E-state index < -0.39 is 0 Å². The van der Waals surface area contributed by atoms with Crippen LogP contribution in [0.5, 0.6) is 0 Å². The first-order valence-electron chi connectivity index (χ1n) is 7.59. The van der Waals surface area contributed by atoms with Crippen LogP contribution in [0.25, 0.3) is 0 Å². The summed E-state index contributed by atoms with van der Waals surface area (Å²) < 4.78 is 12.9. The van der Waals surface area contributed by atoms with Gasteiger partial charge in [-0.1, -0.05) is 12.1 Å². The number of nitrogens with zero attached hydrogens (tertiary/aromatic N) is 2. The second-order valence-corrected chi connectivity index (χ2v) is 5.65. The Bertz CT molecular complexity index is 671. The number of rotatable bonds is 6. The summed E-state index contributed by atoms with van der Waals surface area (Å²) >= 11 is 0. The lowest BCUT2D eigenvalue weighted by Crippen LogP contribution is -2.31. The number of anilines is 1. The lowest BCUT2D eigenvalue weighted by atomic mass is 10.1. The van der Waals surface area contributed by atoms with Crippen LogP contribution in [-0.4, -0.2) is 28.5 Å². The van der Waals surface area contributed by atoms with Gasteiger partial charge in [-0.3, -0.25) is 4.79 Å². The number of carbonyl (C=O) groups excluding carboxylic acids is 1. The number of amides is 1. The van der Waals surface area contributed by atoms with Crippen LogP contribution in [0, 0.1) is 12.7 Å². The van der Waals surface area contributed by atoms with Crippen LogP contribution < -0.4 is 10.6 Å². The minimum atomic E-state index is -0.246. The molecule has 0 spiro atoms.